The van der Waals surface area contributed by atoms with E-state index >= 15 is 0 Å². The Balaban J connectivity index is 1.67. The number of rotatable bonds is 8. The van der Waals surface area contributed by atoms with Crippen LogP contribution in [0.25, 0.3) is 0 Å². The van der Waals surface area contributed by atoms with E-state index in [9.17, 15) is 13.2 Å². The molecule has 1 aromatic carbocycles. The van der Waals surface area contributed by atoms with Crippen LogP contribution in [0.2, 0.25) is 4.34 Å². The Hall–Kier alpha value is -1.30. The van der Waals surface area contributed by atoms with E-state index in [1.165, 1.54) is 46.6 Å². The minimum Gasteiger partial charge on any atom is -0.495 e. The van der Waals surface area contributed by atoms with Gasteiger partial charge < -0.3 is 14.8 Å². The smallest absolute Gasteiger partial charge is 0.243 e. The molecular formula is C18H21ClN2O5S3. The zero-order valence-electron chi connectivity index (χ0n) is 15.7. The summed E-state index contributed by atoms with van der Waals surface area (Å²) in [5.74, 6) is 1.05. The average molecular weight is 477 g/mol. The average Bonchev–Trinajstić information content (AvgIpc) is 3.13. The Labute approximate surface area is 183 Å². The summed E-state index contributed by atoms with van der Waals surface area (Å²) < 4.78 is 38.3. The summed E-state index contributed by atoms with van der Waals surface area (Å²) >= 11 is 8.84. The number of morpholine rings is 1. The molecule has 1 aliphatic heterocycles. The Bertz CT molecular complexity index is 958. The lowest BCUT2D eigenvalue weighted by Crippen LogP contribution is -2.40. The maximum Gasteiger partial charge on any atom is 0.243 e. The monoisotopic (exact) mass is 476 g/mol. The van der Waals surface area contributed by atoms with Crippen molar-refractivity contribution in [1.29, 1.82) is 0 Å². The first-order chi connectivity index (χ1) is 13.9. The zero-order chi connectivity index (χ0) is 20.9. The van der Waals surface area contributed by atoms with Gasteiger partial charge in [0, 0.05) is 23.7 Å². The van der Waals surface area contributed by atoms with Gasteiger partial charge >= 0.3 is 0 Å². The number of halogens is 1. The highest BCUT2D eigenvalue weighted by Gasteiger charge is 2.27. The summed E-state index contributed by atoms with van der Waals surface area (Å²) in [6.07, 6.45) is 0. The van der Waals surface area contributed by atoms with Crippen LogP contribution in [-0.2, 0) is 25.3 Å². The number of anilines is 1. The molecule has 3 rings (SSSR count). The number of thioether (sulfide) groups is 1. The fraction of sp³-hybridized carbons (Fsp3) is 0.389. The van der Waals surface area contributed by atoms with Crippen LogP contribution in [0.4, 0.5) is 5.69 Å². The summed E-state index contributed by atoms with van der Waals surface area (Å²) in [6.45, 7) is 1.34. The van der Waals surface area contributed by atoms with Crippen LogP contribution >= 0.6 is 34.7 Å². The minimum atomic E-state index is -3.67. The van der Waals surface area contributed by atoms with E-state index in [-0.39, 0.29) is 16.6 Å². The van der Waals surface area contributed by atoms with E-state index in [4.69, 9.17) is 21.1 Å². The number of methoxy groups -OCH3 is 1. The predicted octanol–water partition coefficient (Wildman–Crippen LogP) is 3.30. The summed E-state index contributed by atoms with van der Waals surface area (Å²) in [5, 5.41) is 2.75. The van der Waals surface area contributed by atoms with Gasteiger partial charge in [-0.2, -0.15) is 4.31 Å². The lowest BCUT2D eigenvalue weighted by Gasteiger charge is -2.26. The summed E-state index contributed by atoms with van der Waals surface area (Å²) in [6, 6.07) is 8.22. The molecule has 1 amide bonds. The third-order valence-corrected chi connectivity index (χ3v) is 8.45. The molecule has 0 radical (unpaired) electrons. The third-order valence-electron chi connectivity index (χ3n) is 4.16. The number of carbonyl (C=O) groups is 1. The van der Waals surface area contributed by atoms with Crippen LogP contribution < -0.4 is 10.1 Å². The van der Waals surface area contributed by atoms with Gasteiger partial charge in [-0.15, -0.1) is 23.1 Å². The molecule has 0 atom stereocenters. The van der Waals surface area contributed by atoms with Gasteiger partial charge in [0.25, 0.3) is 0 Å². The maximum absolute atomic E-state index is 12.9. The number of benzene rings is 1. The number of nitrogens with one attached hydrogen (secondary N) is 1. The van der Waals surface area contributed by atoms with Gasteiger partial charge in [0.05, 0.1) is 41.0 Å². The van der Waals surface area contributed by atoms with Crippen molar-refractivity contribution in [3.63, 3.8) is 0 Å². The van der Waals surface area contributed by atoms with Crippen LogP contribution in [0, 0.1) is 0 Å². The van der Waals surface area contributed by atoms with E-state index in [0.717, 1.165) is 4.88 Å². The molecule has 1 N–H and O–H groups in total. The molecule has 2 heterocycles. The molecule has 0 spiro atoms. The van der Waals surface area contributed by atoms with Crippen LogP contribution in [0.15, 0.2) is 35.2 Å². The molecule has 11 heteroatoms. The maximum atomic E-state index is 12.9. The van der Waals surface area contributed by atoms with Crippen LogP contribution in [0.1, 0.15) is 4.88 Å². The lowest BCUT2D eigenvalue weighted by atomic mass is 10.3. The van der Waals surface area contributed by atoms with E-state index in [1.54, 1.807) is 6.07 Å². The summed E-state index contributed by atoms with van der Waals surface area (Å²) in [4.78, 5) is 13.5. The molecule has 1 fully saturated rings. The number of hydrogen-bond donors (Lipinski definition) is 1. The standard InChI is InChI=1S/C18H21ClN2O5S3/c1-25-16-4-3-14(29(23,24)21-6-8-26-9-7-21)10-15(16)20-18(22)12-27-11-13-2-5-17(19)28-13/h2-5,10H,6-9,11-12H2,1H3,(H,20,22). The van der Waals surface area contributed by atoms with E-state index < -0.39 is 10.0 Å². The van der Waals surface area contributed by atoms with Crippen molar-refractivity contribution in [3.05, 3.63) is 39.5 Å². The number of ether oxygens (including phenoxy) is 2. The Kier molecular flexibility index (Phi) is 7.83. The SMILES string of the molecule is COc1ccc(S(=O)(=O)N2CCOCC2)cc1NC(=O)CSCc1ccc(Cl)s1. The Morgan fingerprint density at radius 3 is 2.72 bits per heavy atom. The topological polar surface area (TPSA) is 84.9 Å². The van der Waals surface area contributed by atoms with Gasteiger partial charge in [-0.3, -0.25) is 4.79 Å². The van der Waals surface area contributed by atoms with Gasteiger partial charge in [0.1, 0.15) is 5.75 Å². The molecule has 7 nitrogen and oxygen atoms in total. The van der Waals surface area contributed by atoms with Crippen molar-refractivity contribution >= 4 is 56.3 Å². The Morgan fingerprint density at radius 1 is 1.31 bits per heavy atom. The molecule has 29 heavy (non-hydrogen) atoms. The molecule has 0 aliphatic carbocycles. The van der Waals surface area contributed by atoms with Crippen molar-refractivity contribution in [1.82, 2.24) is 4.31 Å². The van der Waals surface area contributed by atoms with Gasteiger partial charge in [0.15, 0.2) is 0 Å². The minimum absolute atomic E-state index is 0.108. The fourth-order valence-electron chi connectivity index (χ4n) is 2.74. The highest BCUT2D eigenvalue weighted by Crippen LogP contribution is 2.30. The second kappa shape index (κ2) is 10.1. The van der Waals surface area contributed by atoms with Gasteiger partial charge in [-0.05, 0) is 30.3 Å². The van der Waals surface area contributed by atoms with Crippen molar-refractivity contribution in [2.45, 2.75) is 10.6 Å². The van der Waals surface area contributed by atoms with Crippen molar-refractivity contribution < 1.29 is 22.7 Å². The van der Waals surface area contributed by atoms with Crippen LogP contribution in [0.3, 0.4) is 0 Å². The number of sulfonamides is 1. The van der Waals surface area contributed by atoms with Crippen LogP contribution in [0.5, 0.6) is 5.75 Å². The molecule has 1 aliphatic rings. The molecule has 1 saturated heterocycles. The number of amides is 1. The quantitative estimate of drug-likeness (QED) is 0.629. The molecule has 0 unspecified atom stereocenters. The van der Waals surface area contributed by atoms with Crippen molar-refractivity contribution in [3.8, 4) is 5.75 Å². The highest BCUT2D eigenvalue weighted by atomic mass is 35.5. The van der Waals surface area contributed by atoms with Gasteiger partial charge in [-0.25, -0.2) is 8.42 Å². The number of nitrogens with zero attached hydrogens (tertiary/aromatic N) is 1. The zero-order valence-corrected chi connectivity index (χ0v) is 18.9. The number of thiophene rings is 1. The first-order valence-corrected chi connectivity index (χ1v) is 12.6. The van der Waals surface area contributed by atoms with Crippen molar-refractivity contribution in [2.75, 3.05) is 44.5 Å². The fourth-order valence-corrected chi connectivity index (χ4v) is 6.20. The van der Waals surface area contributed by atoms with Crippen molar-refractivity contribution in [2.24, 2.45) is 0 Å². The van der Waals surface area contributed by atoms with E-state index in [0.29, 0.717) is 47.8 Å². The normalized spacial score (nSPS) is 15.2. The largest absolute Gasteiger partial charge is 0.495 e. The number of carbonyl (C=O) groups excluding carboxylic acids is 1. The molecule has 0 bridgehead atoms. The van der Waals surface area contributed by atoms with E-state index in [2.05, 4.69) is 5.32 Å². The molecule has 158 valence electrons. The lowest BCUT2D eigenvalue weighted by molar-refractivity contribution is -0.113. The first-order valence-electron chi connectivity index (χ1n) is 8.78. The molecule has 2 aromatic rings. The number of hydrogen-bond acceptors (Lipinski definition) is 7. The predicted molar refractivity (Wildman–Crippen MR) is 117 cm³/mol. The Morgan fingerprint density at radius 2 is 2.07 bits per heavy atom. The van der Waals surface area contributed by atoms with E-state index in [1.807, 2.05) is 12.1 Å². The van der Waals surface area contributed by atoms with Gasteiger partial charge in [-0.1, -0.05) is 11.6 Å². The molecular weight excluding hydrogens is 456 g/mol. The summed E-state index contributed by atoms with van der Waals surface area (Å²) in [7, 11) is -2.20. The first kappa shape index (κ1) is 22.4. The summed E-state index contributed by atoms with van der Waals surface area (Å²) in [5.41, 5.74) is 0.326. The highest BCUT2D eigenvalue weighted by molar-refractivity contribution is 7.99. The second-order valence-electron chi connectivity index (χ2n) is 6.13. The molecule has 0 saturated carbocycles. The second-order valence-corrected chi connectivity index (χ2v) is 10.8. The van der Waals surface area contributed by atoms with Crippen LogP contribution in [-0.4, -0.2) is 57.8 Å². The third kappa shape index (κ3) is 5.87. The van der Waals surface area contributed by atoms with Gasteiger partial charge in [0.2, 0.25) is 15.9 Å². The molecule has 1 aromatic heterocycles.